The lowest BCUT2D eigenvalue weighted by atomic mass is 9.99. The van der Waals surface area contributed by atoms with Crippen molar-refractivity contribution in [2.24, 2.45) is 5.73 Å². The zero-order chi connectivity index (χ0) is 19.6. The minimum atomic E-state index is -0.336. The lowest BCUT2D eigenvalue weighted by molar-refractivity contribution is -0.119. The van der Waals surface area contributed by atoms with Crippen LogP contribution >= 0.6 is 0 Å². The van der Waals surface area contributed by atoms with Crippen molar-refractivity contribution in [3.63, 3.8) is 0 Å². The molecule has 0 aromatic heterocycles. The first-order valence-corrected chi connectivity index (χ1v) is 8.95. The molecule has 2 aromatic carbocycles. The van der Waals surface area contributed by atoms with E-state index in [1.54, 1.807) is 7.11 Å². The number of rotatable bonds is 9. The summed E-state index contributed by atoms with van der Waals surface area (Å²) in [5.41, 5.74) is 9.48. The van der Waals surface area contributed by atoms with E-state index in [1.807, 2.05) is 24.3 Å². The van der Waals surface area contributed by atoms with Gasteiger partial charge in [0.2, 0.25) is 5.91 Å². The van der Waals surface area contributed by atoms with Crippen molar-refractivity contribution in [3.8, 4) is 16.9 Å². The SMILES string of the molecule is COCCCOc1cc(CCC(=O)NC(=N)N)ccc1-c1cccc(C)c1. The van der Waals surface area contributed by atoms with Crippen LogP contribution in [0.2, 0.25) is 0 Å². The Balaban J connectivity index is 2.18. The number of amides is 1. The third kappa shape index (κ3) is 6.75. The first-order chi connectivity index (χ1) is 13.0. The van der Waals surface area contributed by atoms with Crippen LogP contribution in [0.4, 0.5) is 0 Å². The number of methoxy groups -OCH3 is 1. The van der Waals surface area contributed by atoms with Crippen molar-refractivity contribution in [1.29, 1.82) is 5.41 Å². The van der Waals surface area contributed by atoms with E-state index in [0.29, 0.717) is 19.6 Å². The van der Waals surface area contributed by atoms with E-state index in [2.05, 4.69) is 30.4 Å². The smallest absolute Gasteiger partial charge is 0.226 e. The van der Waals surface area contributed by atoms with Crippen LogP contribution in [-0.2, 0) is 16.0 Å². The molecule has 0 aliphatic rings. The van der Waals surface area contributed by atoms with E-state index in [9.17, 15) is 4.79 Å². The Hall–Kier alpha value is -2.86. The lowest BCUT2D eigenvalue weighted by Gasteiger charge is -2.14. The number of benzene rings is 2. The molecule has 2 aromatic rings. The molecule has 6 heteroatoms. The molecular weight excluding hydrogens is 342 g/mol. The molecule has 144 valence electrons. The molecule has 0 atom stereocenters. The van der Waals surface area contributed by atoms with Crippen LogP contribution < -0.4 is 15.8 Å². The molecule has 0 aliphatic heterocycles. The van der Waals surface area contributed by atoms with Gasteiger partial charge in [0.15, 0.2) is 5.96 Å². The summed E-state index contributed by atoms with van der Waals surface area (Å²) in [5, 5.41) is 9.40. The maximum Gasteiger partial charge on any atom is 0.226 e. The lowest BCUT2D eigenvalue weighted by Crippen LogP contribution is -2.35. The van der Waals surface area contributed by atoms with E-state index in [4.69, 9.17) is 20.6 Å². The van der Waals surface area contributed by atoms with Crippen molar-refractivity contribution < 1.29 is 14.3 Å². The number of carbonyl (C=O) groups is 1. The predicted molar refractivity (Wildman–Crippen MR) is 107 cm³/mol. The van der Waals surface area contributed by atoms with Gasteiger partial charge in [-0.3, -0.25) is 15.5 Å². The average molecular weight is 369 g/mol. The monoisotopic (exact) mass is 369 g/mol. The van der Waals surface area contributed by atoms with Crippen LogP contribution in [0.5, 0.6) is 5.75 Å². The van der Waals surface area contributed by atoms with E-state index in [-0.39, 0.29) is 18.3 Å². The fourth-order valence-electron chi connectivity index (χ4n) is 2.75. The van der Waals surface area contributed by atoms with Gasteiger partial charge >= 0.3 is 0 Å². The van der Waals surface area contributed by atoms with Gasteiger partial charge in [-0.1, -0.05) is 42.0 Å². The summed E-state index contributed by atoms with van der Waals surface area (Å²) in [6.45, 7) is 3.26. The number of hydrogen-bond donors (Lipinski definition) is 3. The topological polar surface area (TPSA) is 97.4 Å². The molecule has 4 N–H and O–H groups in total. The molecular formula is C21H27N3O3. The normalized spacial score (nSPS) is 10.4. The van der Waals surface area contributed by atoms with E-state index >= 15 is 0 Å². The van der Waals surface area contributed by atoms with Gasteiger partial charge in [0.05, 0.1) is 6.61 Å². The molecule has 0 saturated carbocycles. The van der Waals surface area contributed by atoms with Crippen molar-refractivity contribution in [1.82, 2.24) is 5.32 Å². The van der Waals surface area contributed by atoms with Gasteiger partial charge in [0.25, 0.3) is 0 Å². The molecule has 2 rings (SSSR count). The highest BCUT2D eigenvalue weighted by Crippen LogP contribution is 2.32. The summed E-state index contributed by atoms with van der Waals surface area (Å²) in [6, 6.07) is 14.3. The van der Waals surface area contributed by atoms with E-state index in [0.717, 1.165) is 28.9 Å². The zero-order valence-electron chi connectivity index (χ0n) is 15.9. The molecule has 0 spiro atoms. The van der Waals surface area contributed by atoms with Gasteiger partial charge in [0.1, 0.15) is 5.75 Å². The summed E-state index contributed by atoms with van der Waals surface area (Å²) in [5.74, 6) is 0.186. The van der Waals surface area contributed by atoms with Crippen molar-refractivity contribution in [2.75, 3.05) is 20.3 Å². The van der Waals surface area contributed by atoms with Crippen LogP contribution in [0, 0.1) is 12.3 Å². The largest absolute Gasteiger partial charge is 0.493 e. The molecule has 0 bridgehead atoms. The summed E-state index contributed by atoms with van der Waals surface area (Å²) in [6.07, 6.45) is 1.60. The molecule has 0 fully saturated rings. The predicted octanol–water partition coefficient (Wildman–Crippen LogP) is 3.02. The minimum Gasteiger partial charge on any atom is -0.493 e. The highest BCUT2D eigenvalue weighted by atomic mass is 16.5. The number of aryl methyl sites for hydroxylation is 2. The molecule has 27 heavy (non-hydrogen) atoms. The maximum atomic E-state index is 11.7. The Morgan fingerprint density at radius 2 is 2.00 bits per heavy atom. The van der Waals surface area contributed by atoms with Crippen LogP contribution in [0.25, 0.3) is 11.1 Å². The Bertz CT molecular complexity index is 790. The number of guanidine groups is 1. The summed E-state index contributed by atoms with van der Waals surface area (Å²) < 4.78 is 11.1. The summed E-state index contributed by atoms with van der Waals surface area (Å²) in [4.78, 5) is 11.7. The second kappa shape index (κ2) is 10.3. The van der Waals surface area contributed by atoms with Gasteiger partial charge in [-0.2, -0.15) is 0 Å². The van der Waals surface area contributed by atoms with Crippen LogP contribution in [0.15, 0.2) is 42.5 Å². The highest BCUT2D eigenvalue weighted by molar-refractivity contribution is 5.94. The quantitative estimate of drug-likeness (QED) is 0.359. The zero-order valence-corrected chi connectivity index (χ0v) is 15.9. The van der Waals surface area contributed by atoms with E-state index < -0.39 is 0 Å². The Labute approximate surface area is 160 Å². The summed E-state index contributed by atoms with van der Waals surface area (Å²) in [7, 11) is 1.67. The molecule has 6 nitrogen and oxygen atoms in total. The van der Waals surface area contributed by atoms with Crippen molar-refractivity contribution in [2.45, 2.75) is 26.2 Å². The second-order valence-corrected chi connectivity index (χ2v) is 6.36. The third-order valence-corrected chi connectivity index (χ3v) is 4.04. The van der Waals surface area contributed by atoms with Crippen LogP contribution in [0.1, 0.15) is 24.0 Å². The van der Waals surface area contributed by atoms with Crippen LogP contribution in [0.3, 0.4) is 0 Å². The van der Waals surface area contributed by atoms with Gasteiger partial charge < -0.3 is 15.2 Å². The maximum absolute atomic E-state index is 11.7. The van der Waals surface area contributed by atoms with Crippen molar-refractivity contribution in [3.05, 3.63) is 53.6 Å². The number of ether oxygens (including phenoxy) is 2. The number of hydrogen-bond acceptors (Lipinski definition) is 4. The van der Waals surface area contributed by atoms with Gasteiger partial charge in [-0.15, -0.1) is 0 Å². The number of nitrogens with one attached hydrogen (secondary N) is 2. The van der Waals surface area contributed by atoms with Gasteiger partial charge in [0, 0.05) is 32.1 Å². The highest BCUT2D eigenvalue weighted by Gasteiger charge is 2.10. The Morgan fingerprint density at radius 1 is 1.19 bits per heavy atom. The average Bonchev–Trinajstić information content (AvgIpc) is 2.63. The first kappa shape index (κ1) is 20.5. The molecule has 0 heterocycles. The van der Waals surface area contributed by atoms with Gasteiger partial charge in [-0.25, -0.2) is 0 Å². The second-order valence-electron chi connectivity index (χ2n) is 6.36. The fraction of sp³-hybridized carbons (Fsp3) is 0.333. The summed E-state index contributed by atoms with van der Waals surface area (Å²) >= 11 is 0. The molecule has 1 amide bonds. The molecule has 0 radical (unpaired) electrons. The van der Waals surface area contributed by atoms with Crippen molar-refractivity contribution >= 4 is 11.9 Å². The Morgan fingerprint density at radius 3 is 2.70 bits per heavy atom. The molecule has 0 saturated heterocycles. The third-order valence-electron chi connectivity index (χ3n) is 4.04. The Kier molecular flexibility index (Phi) is 7.82. The number of carbonyl (C=O) groups excluding carboxylic acids is 1. The first-order valence-electron chi connectivity index (χ1n) is 8.95. The van der Waals surface area contributed by atoms with E-state index in [1.165, 1.54) is 5.56 Å². The molecule has 0 aliphatic carbocycles. The standard InChI is InChI=1S/C21H27N3O3/c1-15-5-3-6-17(13-15)18-9-7-16(8-10-20(25)24-21(22)23)14-19(18)27-12-4-11-26-2/h3,5-7,9,13-14H,4,8,10-12H2,1-2H3,(H4,22,23,24,25). The van der Waals surface area contributed by atoms with Crippen LogP contribution in [-0.4, -0.2) is 32.2 Å². The molecule has 0 unspecified atom stereocenters. The fourth-order valence-corrected chi connectivity index (χ4v) is 2.75. The number of nitrogens with two attached hydrogens (primary N) is 1. The van der Waals surface area contributed by atoms with Gasteiger partial charge in [-0.05, 0) is 30.5 Å². The minimum absolute atomic E-state index is 0.256.